The van der Waals surface area contributed by atoms with Gasteiger partial charge in [0.1, 0.15) is 26.4 Å². The van der Waals surface area contributed by atoms with Crippen molar-refractivity contribution in [1.29, 1.82) is 0 Å². The maximum Gasteiger partial charge on any atom is 0.697 e. The van der Waals surface area contributed by atoms with E-state index < -0.39 is 16.5 Å². The molecule has 0 heterocycles. The van der Waals surface area contributed by atoms with Crippen LogP contribution in [0.1, 0.15) is 13.8 Å². The van der Waals surface area contributed by atoms with Crippen LogP contribution in [0.2, 0.25) is 0 Å². The van der Waals surface area contributed by atoms with E-state index in [0.717, 1.165) is 0 Å². The summed E-state index contributed by atoms with van der Waals surface area (Å²) in [5.74, 6) is 0. The summed E-state index contributed by atoms with van der Waals surface area (Å²) in [6.07, 6.45) is 0. The third kappa shape index (κ3) is 8.63. The monoisotopic (exact) mass is 244 g/mol. The summed E-state index contributed by atoms with van der Waals surface area (Å²) in [6, 6.07) is 0. The quantitative estimate of drug-likeness (QED) is 0.458. The third-order valence-corrected chi connectivity index (χ3v) is 2.67. The molecule has 0 spiro atoms. The molecule has 0 rings (SSSR count). The molecule has 0 saturated carbocycles. The third-order valence-electron chi connectivity index (χ3n) is 0.946. The fourth-order valence-corrected chi connectivity index (χ4v) is 1.53. The molecule has 0 N–H and O–H groups in total. The Hall–Kier alpha value is 0.0400. The average molecular weight is 244 g/mol. The summed E-state index contributed by atoms with van der Waals surface area (Å²) in [5.41, 5.74) is 0. The van der Waals surface area contributed by atoms with E-state index in [1.807, 2.05) is 0 Å². The van der Waals surface area contributed by atoms with E-state index in [1.54, 1.807) is 13.8 Å². The minimum atomic E-state index is -2.09. The fraction of sp³-hybridized carbons (Fsp3) is 1.00. The fourth-order valence-electron chi connectivity index (χ4n) is 0.509. The zero-order chi connectivity index (χ0) is 10.8. The molecule has 0 radical (unpaired) electrons. The lowest BCUT2D eigenvalue weighted by molar-refractivity contribution is 0.172. The highest BCUT2D eigenvalue weighted by molar-refractivity contribution is 7.33. The molecular formula is C6H14O6P2+2. The van der Waals surface area contributed by atoms with Crippen molar-refractivity contribution in [2.45, 2.75) is 13.8 Å². The summed E-state index contributed by atoms with van der Waals surface area (Å²) in [4.78, 5) is 0. The maximum atomic E-state index is 10.8. The average Bonchev–Trinajstić information content (AvgIpc) is 2.13. The number of hydrogen-bond acceptors (Lipinski definition) is 6. The second-order valence-corrected chi connectivity index (χ2v) is 3.88. The van der Waals surface area contributed by atoms with Crippen molar-refractivity contribution >= 4 is 16.5 Å². The highest BCUT2D eigenvalue weighted by atomic mass is 31.1. The van der Waals surface area contributed by atoms with Gasteiger partial charge in [0.15, 0.2) is 0 Å². The molecule has 0 aliphatic heterocycles. The van der Waals surface area contributed by atoms with Crippen LogP contribution in [0.25, 0.3) is 0 Å². The molecule has 0 aliphatic carbocycles. The Bertz CT molecular complexity index is 165. The van der Waals surface area contributed by atoms with Crippen LogP contribution in [0.4, 0.5) is 0 Å². The predicted octanol–water partition coefficient (Wildman–Crippen LogP) is 2.41. The van der Waals surface area contributed by atoms with Crippen molar-refractivity contribution in [3.63, 3.8) is 0 Å². The zero-order valence-electron chi connectivity index (χ0n) is 8.17. The van der Waals surface area contributed by atoms with Crippen molar-refractivity contribution < 1.29 is 27.2 Å². The minimum Gasteiger partial charge on any atom is -0.119 e. The highest BCUT2D eigenvalue weighted by Crippen LogP contribution is 2.25. The van der Waals surface area contributed by atoms with Gasteiger partial charge < -0.3 is 0 Å². The molecule has 2 unspecified atom stereocenters. The Labute approximate surface area is 84.8 Å². The van der Waals surface area contributed by atoms with Gasteiger partial charge in [0, 0.05) is 9.13 Å². The van der Waals surface area contributed by atoms with Crippen LogP contribution in [-0.2, 0) is 27.2 Å². The van der Waals surface area contributed by atoms with Gasteiger partial charge in [-0.1, -0.05) is 0 Å². The Morgan fingerprint density at radius 3 is 1.43 bits per heavy atom. The Morgan fingerprint density at radius 1 is 0.786 bits per heavy atom. The maximum absolute atomic E-state index is 10.8. The lowest BCUT2D eigenvalue weighted by atomic mass is 10.8. The minimum absolute atomic E-state index is 0.0589. The van der Waals surface area contributed by atoms with Crippen LogP contribution in [0.15, 0.2) is 0 Å². The van der Waals surface area contributed by atoms with Gasteiger partial charge in [-0.05, 0) is 13.8 Å². The van der Waals surface area contributed by atoms with Gasteiger partial charge in [0.2, 0.25) is 0 Å². The molecule has 2 atom stereocenters. The second kappa shape index (κ2) is 9.59. The van der Waals surface area contributed by atoms with E-state index in [4.69, 9.17) is 0 Å². The zero-order valence-corrected chi connectivity index (χ0v) is 9.96. The van der Waals surface area contributed by atoms with E-state index in [0.29, 0.717) is 13.2 Å². The van der Waals surface area contributed by atoms with Gasteiger partial charge >= 0.3 is 16.5 Å². The van der Waals surface area contributed by atoms with E-state index in [-0.39, 0.29) is 13.2 Å². The van der Waals surface area contributed by atoms with E-state index in [2.05, 4.69) is 18.1 Å². The Balaban J connectivity index is 3.28. The first kappa shape index (κ1) is 14.0. The molecule has 0 amide bonds. The first-order valence-electron chi connectivity index (χ1n) is 4.16. The van der Waals surface area contributed by atoms with Crippen LogP contribution in [0.3, 0.4) is 0 Å². The van der Waals surface area contributed by atoms with E-state index >= 15 is 0 Å². The smallest absolute Gasteiger partial charge is 0.119 e. The molecule has 8 heteroatoms. The molecule has 0 fully saturated rings. The lowest BCUT2D eigenvalue weighted by Crippen LogP contribution is -1.97. The largest absolute Gasteiger partial charge is 0.697 e. The van der Waals surface area contributed by atoms with E-state index in [9.17, 15) is 9.13 Å². The molecule has 0 aromatic heterocycles. The van der Waals surface area contributed by atoms with Gasteiger partial charge in [0.05, 0.1) is 0 Å². The van der Waals surface area contributed by atoms with Crippen molar-refractivity contribution in [2.75, 3.05) is 26.4 Å². The number of hydrogen-bond donors (Lipinski definition) is 0. The molecular weight excluding hydrogens is 230 g/mol. The van der Waals surface area contributed by atoms with Crippen LogP contribution >= 0.6 is 16.5 Å². The molecule has 82 valence electrons. The Morgan fingerprint density at radius 2 is 1.14 bits per heavy atom. The first-order chi connectivity index (χ1) is 6.70. The molecule has 14 heavy (non-hydrogen) atoms. The molecule has 0 aromatic rings. The summed E-state index contributed by atoms with van der Waals surface area (Å²) in [5, 5.41) is 0. The van der Waals surface area contributed by atoms with Gasteiger partial charge in [-0.3, -0.25) is 0 Å². The standard InChI is InChI=1S/C6H14O6P2/c1-3-9-13(7)11-5-6-12-14(8)10-4-2/h3-6H2,1-2H3/q+2. The molecule has 0 saturated heterocycles. The van der Waals surface area contributed by atoms with Crippen LogP contribution < -0.4 is 0 Å². The summed E-state index contributed by atoms with van der Waals surface area (Å²) >= 11 is 0. The summed E-state index contributed by atoms with van der Waals surface area (Å²) in [6.45, 7) is 4.18. The van der Waals surface area contributed by atoms with Gasteiger partial charge in [0.25, 0.3) is 0 Å². The second-order valence-electron chi connectivity index (χ2n) is 1.95. The topological polar surface area (TPSA) is 71.1 Å². The van der Waals surface area contributed by atoms with Gasteiger partial charge in [-0.25, -0.2) is 0 Å². The highest BCUT2D eigenvalue weighted by Gasteiger charge is 2.22. The first-order valence-corrected chi connectivity index (χ1v) is 6.36. The summed E-state index contributed by atoms with van der Waals surface area (Å²) in [7, 11) is -4.17. The lowest BCUT2D eigenvalue weighted by Gasteiger charge is -1.86. The summed E-state index contributed by atoms with van der Waals surface area (Å²) < 4.78 is 40.1. The predicted molar refractivity (Wildman–Crippen MR) is 50.4 cm³/mol. The van der Waals surface area contributed by atoms with Crippen molar-refractivity contribution in [2.24, 2.45) is 0 Å². The van der Waals surface area contributed by atoms with Gasteiger partial charge in [-0.2, -0.15) is 0 Å². The molecule has 0 aliphatic rings. The van der Waals surface area contributed by atoms with Crippen molar-refractivity contribution in [3.8, 4) is 0 Å². The van der Waals surface area contributed by atoms with Crippen molar-refractivity contribution in [3.05, 3.63) is 0 Å². The molecule has 6 nitrogen and oxygen atoms in total. The Kier molecular flexibility index (Phi) is 9.62. The van der Waals surface area contributed by atoms with Crippen LogP contribution in [-0.4, -0.2) is 26.4 Å². The number of rotatable bonds is 9. The van der Waals surface area contributed by atoms with E-state index in [1.165, 1.54) is 0 Å². The normalized spacial score (nSPS) is 12.7. The SMILES string of the molecule is CCO[P+](=O)OCCO[P+](=O)OCC. The van der Waals surface area contributed by atoms with Crippen LogP contribution in [0.5, 0.6) is 0 Å². The van der Waals surface area contributed by atoms with Gasteiger partial charge in [-0.15, -0.1) is 18.1 Å². The van der Waals surface area contributed by atoms with Crippen molar-refractivity contribution in [1.82, 2.24) is 0 Å². The van der Waals surface area contributed by atoms with Crippen LogP contribution in [0, 0.1) is 0 Å². The molecule has 0 aromatic carbocycles. The molecule has 0 bridgehead atoms.